The van der Waals surface area contributed by atoms with Crippen molar-refractivity contribution in [1.29, 1.82) is 0 Å². The lowest BCUT2D eigenvalue weighted by Gasteiger charge is -2.09. The number of ether oxygens (including phenoxy) is 2. The summed E-state index contributed by atoms with van der Waals surface area (Å²) in [4.78, 5) is 0.137. The lowest BCUT2D eigenvalue weighted by Crippen LogP contribution is -2.13. The molecule has 0 aliphatic heterocycles. The van der Waals surface area contributed by atoms with Crippen molar-refractivity contribution >= 4 is 10.1 Å². The van der Waals surface area contributed by atoms with Crippen LogP contribution in [0.15, 0.2) is 83.8 Å². The number of benzene rings is 3. The lowest BCUT2D eigenvalue weighted by molar-refractivity contribution is 0.220. The van der Waals surface area contributed by atoms with E-state index in [-0.39, 0.29) is 18.1 Å². The Morgan fingerprint density at radius 1 is 0.714 bits per heavy atom. The van der Waals surface area contributed by atoms with Crippen LogP contribution >= 0.6 is 0 Å². The van der Waals surface area contributed by atoms with Crippen molar-refractivity contribution in [2.75, 3.05) is 13.2 Å². The van der Waals surface area contributed by atoms with E-state index < -0.39 is 10.1 Å². The second kappa shape index (κ2) is 9.39. The van der Waals surface area contributed by atoms with Crippen LogP contribution in [0.4, 0.5) is 0 Å². The molecule has 0 saturated carbocycles. The molecule has 0 N–H and O–H groups in total. The van der Waals surface area contributed by atoms with E-state index in [1.54, 1.807) is 24.3 Å². The van der Waals surface area contributed by atoms with E-state index in [2.05, 4.69) is 0 Å². The number of hydrogen-bond acceptors (Lipinski definition) is 5. The molecule has 6 heteroatoms. The highest BCUT2D eigenvalue weighted by atomic mass is 32.2. The predicted molar refractivity (Wildman–Crippen MR) is 107 cm³/mol. The largest absolute Gasteiger partial charge is 0.491 e. The first-order valence-corrected chi connectivity index (χ1v) is 10.3. The molecular formula is C22H22O5S. The van der Waals surface area contributed by atoms with E-state index in [4.69, 9.17) is 13.7 Å². The van der Waals surface area contributed by atoms with E-state index >= 15 is 0 Å². The molecule has 0 fully saturated rings. The zero-order valence-corrected chi connectivity index (χ0v) is 16.4. The highest BCUT2D eigenvalue weighted by Crippen LogP contribution is 2.19. The third-order valence-electron chi connectivity index (χ3n) is 3.97. The van der Waals surface area contributed by atoms with Crippen molar-refractivity contribution in [3.8, 4) is 11.5 Å². The molecule has 3 aromatic carbocycles. The van der Waals surface area contributed by atoms with Gasteiger partial charge in [-0.25, -0.2) is 0 Å². The maximum Gasteiger partial charge on any atom is 0.297 e. The summed E-state index contributed by atoms with van der Waals surface area (Å²) in [5.74, 6) is 1.35. The Morgan fingerprint density at radius 3 is 1.96 bits per heavy atom. The molecule has 0 aliphatic carbocycles. The molecule has 3 aromatic rings. The maximum atomic E-state index is 12.1. The molecule has 0 saturated heterocycles. The molecule has 0 bridgehead atoms. The van der Waals surface area contributed by atoms with E-state index in [9.17, 15) is 8.42 Å². The van der Waals surface area contributed by atoms with Crippen molar-refractivity contribution in [3.05, 3.63) is 90.0 Å². The van der Waals surface area contributed by atoms with Crippen molar-refractivity contribution in [2.45, 2.75) is 18.4 Å². The fraction of sp³-hybridized carbons (Fsp3) is 0.182. The van der Waals surface area contributed by atoms with Gasteiger partial charge in [-0.1, -0.05) is 48.0 Å². The smallest absolute Gasteiger partial charge is 0.297 e. The zero-order chi connectivity index (χ0) is 19.8. The first-order valence-electron chi connectivity index (χ1n) is 8.89. The van der Waals surface area contributed by atoms with Crippen molar-refractivity contribution < 1.29 is 22.1 Å². The van der Waals surface area contributed by atoms with E-state index in [0.29, 0.717) is 12.4 Å². The summed E-state index contributed by atoms with van der Waals surface area (Å²) in [6.45, 7) is 2.44. The van der Waals surface area contributed by atoms with Gasteiger partial charge in [0.1, 0.15) is 31.3 Å². The fourth-order valence-corrected chi connectivity index (χ4v) is 3.34. The van der Waals surface area contributed by atoms with Gasteiger partial charge in [0.25, 0.3) is 10.1 Å². The molecular weight excluding hydrogens is 376 g/mol. The Balaban J connectivity index is 1.43. The zero-order valence-electron chi connectivity index (χ0n) is 15.6. The molecule has 0 radical (unpaired) electrons. The molecule has 5 nitrogen and oxygen atoms in total. The van der Waals surface area contributed by atoms with E-state index in [1.165, 1.54) is 12.1 Å². The van der Waals surface area contributed by atoms with Gasteiger partial charge in [0.15, 0.2) is 0 Å². The molecule has 0 aliphatic rings. The van der Waals surface area contributed by atoms with Gasteiger partial charge in [0.05, 0.1) is 4.90 Å². The first-order chi connectivity index (χ1) is 13.5. The molecule has 0 heterocycles. The topological polar surface area (TPSA) is 61.8 Å². The SMILES string of the molecule is Cc1ccc(S(=O)(=O)OCCOc2ccc(OCc3ccccc3)cc2)cc1. The first kappa shape index (κ1) is 19.9. The fourth-order valence-electron chi connectivity index (χ4n) is 2.45. The molecule has 3 rings (SSSR count). The average Bonchev–Trinajstić information content (AvgIpc) is 2.72. The Labute approximate surface area is 165 Å². The van der Waals surface area contributed by atoms with Crippen LogP contribution in [0.25, 0.3) is 0 Å². The number of hydrogen-bond donors (Lipinski definition) is 0. The number of rotatable bonds is 9. The molecule has 28 heavy (non-hydrogen) atoms. The van der Waals surface area contributed by atoms with Crippen LogP contribution in [0.5, 0.6) is 11.5 Å². The van der Waals surface area contributed by atoms with Gasteiger partial charge in [-0.3, -0.25) is 4.18 Å². The quantitative estimate of drug-likeness (QED) is 0.396. The summed E-state index contributed by atoms with van der Waals surface area (Å²) in [7, 11) is -3.77. The van der Waals surface area contributed by atoms with Crippen molar-refractivity contribution in [1.82, 2.24) is 0 Å². The summed E-state index contributed by atoms with van der Waals surface area (Å²) >= 11 is 0. The molecule has 0 amide bonds. The van der Waals surface area contributed by atoms with Crippen LogP contribution in [-0.4, -0.2) is 21.6 Å². The summed E-state index contributed by atoms with van der Waals surface area (Å²) in [6, 6.07) is 23.6. The van der Waals surface area contributed by atoms with Crippen LogP contribution in [-0.2, 0) is 20.9 Å². The average molecular weight is 398 g/mol. The summed E-state index contributed by atoms with van der Waals surface area (Å²) in [5.41, 5.74) is 2.08. The lowest BCUT2D eigenvalue weighted by atomic mass is 10.2. The van der Waals surface area contributed by atoms with Gasteiger partial charge >= 0.3 is 0 Å². The minimum atomic E-state index is -3.77. The Bertz CT molecular complexity index is 966. The molecule has 0 atom stereocenters. The molecule has 0 spiro atoms. The van der Waals surface area contributed by atoms with Gasteiger partial charge in [0.2, 0.25) is 0 Å². The standard InChI is InChI=1S/C22H22O5S/c1-18-7-13-22(14-8-18)28(23,24)27-16-15-25-20-9-11-21(12-10-20)26-17-19-5-3-2-4-6-19/h2-14H,15-17H2,1H3. The van der Waals surface area contributed by atoms with Gasteiger partial charge in [-0.2, -0.15) is 8.42 Å². The van der Waals surface area contributed by atoms with Crippen LogP contribution in [0, 0.1) is 6.92 Å². The summed E-state index contributed by atoms with van der Waals surface area (Å²) in [6.07, 6.45) is 0. The number of aryl methyl sites for hydroxylation is 1. The minimum Gasteiger partial charge on any atom is -0.491 e. The third kappa shape index (κ3) is 5.84. The van der Waals surface area contributed by atoms with Crippen LogP contribution in [0.1, 0.15) is 11.1 Å². The van der Waals surface area contributed by atoms with E-state index in [1.807, 2.05) is 49.4 Å². The molecule has 0 aromatic heterocycles. The highest BCUT2D eigenvalue weighted by Gasteiger charge is 2.14. The van der Waals surface area contributed by atoms with Crippen LogP contribution in [0.2, 0.25) is 0 Å². The Morgan fingerprint density at radius 2 is 1.32 bits per heavy atom. The van der Waals surface area contributed by atoms with Crippen molar-refractivity contribution in [3.63, 3.8) is 0 Å². The summed E-state index contributed by atoms with van der Waals surface area (Å²) in [5, 5.41) is 0. The second-order valence-corrected chi connectivity index (χ2v) is 7.80. The maximum absolute atomic E-state index is 12.1. The molecule has 146 valence electrons. The minimum absolute atomic E-state index is 0.0670. The van der Waals surface area contributed by atoms with Crippen molar-refractivity contribution in [2.24, 2.45) is 0 Å². The normalized spacial score (nSPS) is 11.2. The predicted octanol–water partition coefficient (Wildman–Crippen LogP) is 4.36. The summed E-state index contributed by atoms with van der Waals surface area (Å²) < 4.78 is 40.4. The second-order valence-electron chi connectivity index (χ2n) is 6.18. The van der Waals surface area contributed by atoms with Crippen LogP contribution in [0.3, 0.4) is 0 Å². The highest BCUT2D eigenvalue weighted by molar-refractivity contribution is 7.86. The van der Waals surface area contributed by atoms with Gasteiger partial charge in [0, 0.05) is 0 Å². The van der Waals surface area contributed by atoms with Gasteiger partial charge in [-0.15, -0.1) is 0 Å². The van der Waals surface area contributed by atoms with Gasteiger partial charge in [-0.05, 0) is 48.9 Å². The van der Waals surface area contributed by atoms with E-state index in [0.717, 1.165) is 16.9 Å². The monoisotopic (exact) mass is 398 g/mol. The third-order valence-corrected chi connectivity index (χ3v) is 5.30. The molecule has 0 unspecified atom stereocenters. The van der Waals surface area contributed by atoms with Gasteiger partial charge < -0.3 is 9.47 Å². The van der Waals surface area contributed by atoms with Crippen LogP contribution < -0.4 is 9.47 Å². The Kier molecular flexibility index (Phi) is 6.68. The Hall–Kier alpha value is -2.83.